The molecule has 0 aliphatic rings. The van der Waals surface area contributed by atoms with Gasteiger partial charge in [-0.25, -0.2) is 17.9 Å². The Balaban J connectivity index is 2.45. The van der Waals surface area contributed by atoms with E-state index in [4.69, 9.17) is 10.5 Å². The molecular weight excluding hydrogens is 320 g/mol. The standard InChI is InChI=1S/C14H22N4O4S/c1-14(2,3)22-13(19)17-10-9-16-12(15)18-23(20,21)11-7-5-4-6-8-11/h4-8H,9-10H2,1-3H3,(H,17,19)(H3,15,16,18). The van der Waals surface area contributed by atoms with Crippen LogP contribution in [0.2, 0.25) is 0 Å². The average molecular weight is 342 g/mol. The maximum absolute atomic E-state index is 12.0. The van der Waals surface area contributed by atoms with Crippen LogP contribution in [-0.2, 0) is 14.8 Å². The molecular formula is C14H22N4O4S. The first-order valence-electron chi connectivity index (χ1n) is 6.95. The first kappa shape index (κ1) is 18.8. The number of hydrogen-bond donors (Lipinski definition) is 3. The van der Waals surface area contributed by atoms with E-state index in [-0.39, 0.29) is 23.9 Å². The fraction of sp³-hybridized carbons (Fsp3) is 0.429. The molecule has 0 atom stereocenters. The first-order valence-corrected chi connectivity index (χ1v) is 8.43. The Morgan fingerprint density at radius 3 is 2.43 bits per heavy atom. The Morgan fingerprint density at radius 1 is 1.26 bits per heavy atom. The molecule has 1 rings (SSSR count). The Labute approximate surface area is 136 Å². The fourth-order valence-corrected chi connectivity index (χ4v) is 2.45. The number of ether oxygens (including phenoxy) is 1. The van der Waals surface area contributed by atoms with Crippen LogP contribution in [0.4, 0.5) is 4.79 Å². The molecule has 0 spiro atoms. The number of carbonyl (C=O) groups is 1. The van der Waals surface area contributed by atoms with Crippen molar-refractivity contribution in [3.8, 4) is 0 Å². The van der Waals surface area contributed by atoms with E-state index in [2.05, 4.69) is 15.0 Å². The van der Waals surface area contributed by atoms with Crippen molar-refractivity contribution in [1.82, 2.24) is 10.0 Å². The van der Waals surface area contributed by atoms with Crippen LogP contribution in [0.3, 0.4) is 0 Å². The third-order valence-corrected chi connectivity index (χ3v) is 3.73. The zero-order chi connectivity index (χ0) is 17.5. The Kier molecular flexibility index (Phi) is 6.38. The van der Waals surface area contributed by atoms with E-state index in [0.29, 0.717) is 0 Å². The Morgan fingerprint density at radius 2 is 1.87 bits per heavy atom. The second-order valence-electron chi connectivity index (χ2n) is 5.61. The molecule has 8 nitrogen and oxygen atoms in total. The molecule has 0 bridgehead atoms. The largest absolute Gasteiger partial charge is 0.444 e. The van der Waals surface area contributed by atoms with Crippen molar-refractivity contribution in [2.45, 2.75) is 31.3 Å². The topological polar surface area (TPSA) is 123 Å². The predicted molar refractivity (Wildman–Crippen MR) is 87.5 cm³/mol. The van der Waals surface area contributed by atoms with Crippen molar-refractivity contribution in [1.29, 1.82) is 0 Å². The zero-order valence-corrected chi connectivity index (χ0v) is 14.2. The second-order valence-corrected chi connectivity index (χ2v) is 7.30. The van der Waals surface area contributed by atoms with Gasteiger partial charge in [-0.05, 0) is 32.9 Å². The lowest BCUT2D eigenvalue weighted by Gasteiger charge is -2.19. The highest BCUT2D eigenvalue weighted by Gasteiger charge is 2.16. The van der Waals surface area contributed by atoms with E-state index in [0.717, 1.165) is 0 Å². The van der Waals surface area contributed by atoms with Crippen LogP contribution in [0.25, 0.3) is 0 Å². The molecule has 9 heteroatoms. The highest BCUT2D eigenvalue weighted by Crippen LogP contribution is 2.07. The number of nitrogens with one attached hydrogen (secondary N) is 2. The van der Waals surface area contributed by atoms with E-state index in [1.807, 2.05) is 0 Å². The summed E-state index contributed by atoms with van der Waals surface area (Å²) in [5.41, 5.74) is 4.95. The van der Waals surface area contributed by atoms with E-state index in [1.54, 1.807) is 39.0 Å². The SMILES string of the molecule is CC(C)(C)OC(=O)NCCN=C(N)NS(=O)(=O)c1ccccc1. The van der Waals surface area contributed by atoms with Crippen molar-refractivity contribution in [2.75, 3.05) is 13.1 Å². The van der Waals surface area contributed by atoms with Gasteiger partial charge in [0.15, 0.2) is 0 Å². The summed E-state index contributed by atoms with van der Waals surface area (Å²) >= 11 is 0. The lowest BCUT2D eigenvalue weighted by Crippen LogP contribution is -2.38. The molecule has 1 aromatic rings. The number of amides is 1. The lowest BCUT2D eigenvalue weighted by atomic mass is 10.2. The summed E-state index contributed by atoms with van der Waals surface area (Å²) in [4.78, 5) is 15.3. The number of rotatable bonds is 5. The van der Waals surface area contributed by atoms with Crippen molar-refractivity contribution in [3.63, 3.8) is 0 Å². The van der Waals surface area contributed by atoms with Gasteiger partial charge < -0.3 is 15.8 Å². The maximum Gasteiger partial charge on any atom is 0.407 e. The van der Waals surface area contributed by atoms with Gasteiger partial charge in [0.2, 0.25) is 5.96 Å². The van der Waals surface area contributed by atoms with Crippen LogP contribution >= 0.6 is 0 Å². The fourth-order valence-electron chi connectivity index (χ4n) is 1.48. The van der Waals surface area contributed by atoms with Gasteiger partial charge in [-0.2, -0.15) is 0 Å². The summed E-state index contributed by atoms with van der Waals surface area (Å²) in [6.45, 7) is 5.54. The van der Waals surface area contributed by atoms with E-state index in [9.17, 15) is 13.2 Å². The number of aliphatic imine (C=N–C) groups is 1. The zero-order valence-electron chi connectivity index (χ0n) is 13.4. The summed E-state index contributed by atoms with van der Waals surface area (Å²) in [6.07, 6.45) is -0.573. The second kappa shape index (κ2) is 7.82. The summed E-state index contributed by atoms with van der Waals surface area (Å²) in [6, 6.07) is 7.80. The molecule has 23 heavy (non-hydrogen) atoms. The van der Waals surface area contributed by atoms with Crippen LogP contribution in [0.5, 0.6) is 0 Å². The quantitative estimate of drug-likeness (QED) is 0.415. The van der Waals surface area contributed by atoms with Crippen molar-refractivity contribution in [2.24, 2.45) is 10.7 Å². The maximum atomic E-state index is 12.0. The number of nitrogens with two attached hydrogens (primary N) is 1. The van der Waals surface area contributed by atoms with Crippen LogP contribution in [-0.4, -0.2) is 39.2 Å². The minimum absolute atomic E-state index is 0.0880. The van der Waals surface area contributed by atoms with Gasteiger partial charge >= 0.3 is 6.09 Å². The van der Waals surface area contributed by atoms with Crippen LogP contribution in [0, 0.1) is 0 Å². The number of sulfonamides is 1. The van der Waals surface area contributed by atoms with Gasteiger partial charge in [0.1, 0.15) is 5.60 Å². The number of nitrogens with zero attached hydrogens (tertiary/aromatic N) is 1. The summed E-state index contributed by atoms with van der Waals surface area (Å²) in [5.74, 6) is -0.250. The number of benzene rings is 1. The molecule has 1 amide bonds. The van der Waals surface area contributed by atoms with Crippen molar-refractivity contribution < 1.29 is 17.9 Å². The van der Waals surface area contributed by atoms with Gasteiger partial charge in [0.05, 0.1) is 11.4 Å². The molecule has 0 unspecified atom stereocenters. The molecule has 0 aliphatic carbocycles. The Hall–Kier alpha value is -2.29. The predicted octanol–water partition coefficient (Wildman–Crippen LogP) is 0.804. The lowest BCUT2D eigenvalue weighted by molar-refractivity contribution is 0.0529. The smallest absolute Gasteiger partial charge is 0.407 e. The van der Waals surface area contributed by atoms with Crippen molar-refractivity contribution >= 4 is 22.1 Å². The number of guanidine groups is 1. The third-order valence-electron chi connectivity index (χ3n) is 2.35. The molecule has 0 saturated heterocycles. The summed E-state index contributed by atoms with van der Waals surface area (Å²) in [5, 5.41) is 2.49. The van der Waals surface area contributed by atoms with Gasteiger partial charge in [0, 0.05) is 6.54 Å². The molecule has 128 valence electrons. The van der Waals surface area contributed by atoms with Crippen LogP contribution in [0.15, 0.2) is 40.2 Å². The number of alkyl carbamates (subject to hydrolysis) is 1. The van der Waals surface area contributed by atoms with E-state index < -0.39 is 21.7 Å². The first-order chi connectivity index (χ1) is 10.6. The molecule has 0 aliphatic heterocycles. The minimum Gasteiger partial charge on any atom is -0.444 e. The van der Waals surface area contributed by atoms with Gasteiger partial charge in [-0.1, -0.05) is 18.2 Å². The van der Waals surface area contributed by atoms with E-state index in [1.165, 1.54) is 12.1 Å². The molecule has 4 N–H and O–H groups in total. The summed E-state index contributed by atoms with van der Waals surface area (Å²) in [7, 11) is -3.75. The van der Waals surface area contributed by atoms with Crippen molar-refractivity contribution in [3.05, 3.63) is 30.3 Å². The van der Waals surface area contributed by atoms with Crippen LogP contribution < -0.4 is 15.8 Å². The molecule has 0 aromatic heterocycles. The molecule has 0 saturated carbocycles. The highest BCUT2D eigenvalue weighted by molar-refractivity contribution is 7.90. The molecule has 0 heterocycles. The highest BCUT2D eigenvalue weighted by atomic mass is 32.2. The minimum atomic E-state index is -3.75. The van der Waals surface area contributed by atoms with Gasteiger partial charge in [0.25, 0.3) is 10.0 Å². The third kappa shape index (κ3) is 7.50. The Bertz CT molecular complexity index is 651. The monoisotopic (exact) mass is 342 g/mol. The normalized spacial score (nSPS) is 12.6. The summed E-state index contributed by atoms with van der Waals surface area (Å²) < 4.78 is 31.2. The number of carbonyl (C=O) groups excluding carboxylic acids is 1. The molecule has 0 radical (unpaired) electrons. The van der Waals surface area contributed by atoms with E-state index >= 15 is 0 Å². The van der Waals surface area contributed by atoms with Gasteiger partial charge in [-0.3, -0.25) is 4.99 Å². The average Bonchev–Trinajstić information content (AvgIpc) is 2.42. The van der Waals surface area contributed by atoms with Crippen LogP contribution in [0.1, 0.15) is 20.8 Å². The molecule has 1 aromatic carbocycles. The number of hydrogen-bond acceptors (Lipinski definition) is 5. The molecule has 0 fully saturated rings. The van der Waals surface area contributed by atoms with Gasteiger partial charge in [-0.15, -0.1) is 0 Å².